The Bertz CT molecular complexity index is 779. The lowest BCUT2D eigenvalue weighted by Gasteiger charge is -2.18. The van der Waals surface area contributed by atoms with E-state index in [9.17, 15) is 13.2 Å². The maximum Gasteiger partial charge on any atom is 0.241 e. The third-order valence-corrected chi connectivity index (χ3v) is 6.23. The molecule has 0 unspecified atom stereocenters. The van der Waals surface area contributed by atoms with Gasteiger partial charge in [0.05, 0.1) is 24.2 Å². The molecule has 1 saturated carbocycles. The number of rotatable bonds is 8. The van der Waals surface area contributed by atoms with Crippen LogP contribution in [-0.2, 0) is 14.8 Å². The smallest absolute Gasteiger partial charge is 0.241 e. The average molecular weight is 397 g/mol. The number of amides is 1. The average Bonchev–Trinajstić information content (AvgIpc) is 3.47. The molecule has 1 atom stereocenters. The molecule has 8 nitrogen and oxygen atoms in total. The Labute approximate surface area is 160 Å². The summed E-state index contributed by atoms with van der Waals surface area (Å²) in [5.41, 5.74) is 0. The summed E-state index contributed by atoms with van der Waals surface area (Å²) in [6, 6.07) is 4.20. The summed E-state index contributed by atoms with van der Waals surface area (Å²) in [6.45, 7) is 3.77. The third kappa shape index (κ3) is 5.33. The van der Waals surface area contributed by atoms with Crippen LogP contribution in [0, 0.1) is 0 Å². The monoisotopic (exact) mass is 397 g/mol. The second kappa shape index (κ2) is 8.45. The zero-order chi connectivity index (χ0) is 19.4. The van der Waals surface area contributed by atoms with E-state index in [2.05, 4.69) is 14.9 Å². The highest BCUT2D eigenvalue weighted by Gasteiger charge is 2.26. The highest BCUT2D eigenvalue weighted by molar-refractivity contribution is 7.89. The number of carbonyl (C=O) groups is 1. The molecule has 0 radical (unpaired) electrons. The van der Waals surface area contributed by atoms with Gasteiger partial charge in [0, 0.05) is 31.6 Å². The molecule has 1 fully saturated rings. The molecule has 1 aliphatic heterocycles. The predicted molar refractivity (Wildman–Crippen MR) is 100 cm³/mol. The number of nitrogens with zero attached hydrogens (tertiary/aromatic N) is 1. The van der Waals surface area contributed by atoms with Gasteiger partial charge in [-0.2, -0.15) is 4.72 Å². The third-order valence-electron chi connectivity index (χ3n) is 4.69. The minimum absolute atomic E-state index is 0.0415. The van der Waals surface area contributed by atoms with Crippen molar-refractivity contribution < 1.29 is 22.7 Å². The highest BCUT2D eigenvalue weighted by Crippen LogP contribution is 2.31. The first-order valence-electron chi connectivity index (χ1n) is 9.27. The van der Waals surface area contributed by atoms with Gasteiger partial charge in [-0.05, 0) is 38.9 Å². The Hall–Kier alpha value is -1.84. The van der Waals surface area contributed by atoms with Crippen LogP contribution < -0.4 is 19.5 Å². The first-order valence-corrected chi connectivity index (χ1v) is 10.7. The van der Waals surface area contributed by atoms with Crippen molar-refractivity contribution in [2.45, 2.75) is 43.2 Å². The Morgan fingerprint density at radius 2 is 1.96 bits per heavy atom. The topological polar surface area (TPSA) is 97.0 Å². The number of benzene rings is 1. The van der Waals surface area contributed by atoms with Crippen LogP contribution in [-0.4, -0.2) is 64.7 Å². The fourth-order valence-corrected chi connectivity index (χ4v) is 4.09. The van der Waals surface area contributed by atoms with Crippen molar-refractivity contribution >= 4 is 15.9 Å². The molecule has 1 aliphatic carbocycles. The summed E-state index contributed by atoms with van der Waals surface area (Å²) in [7, 11) is -1.82. The number of carbonyl (C=O) groups excluding carboxylic acids is 1. The predicted octanol–water partition coefficient (Wildman–Crippen LogP) is 0.725. The molecule has 0 aromatic heterocycles. The van der Waals surface area contributed by atoms with E-state index in [1.807, 2.05) is 7.05 Å². The minimum atomic E-state index is -3.85. The molecule has 1 aromatic carbocycles. The molecule has 1 heterocycles. The number of nitrogens with one attached hydrogen (secondary N) is 2. The van der Waals surface area contributed by atoms with Gasteiger partial charge in [-0.3, -0.25) is 4.79 Å². The Balaban J connectivity index is 1.56. The van der Waals surface area contributed by atoms with Gasteiger partial charge < -0.3 is 19.7 Å². The zero-order valence-electron chi connectivity index (χ0n) is 15.7. The molecule has 0 saturated heterocycles. The van der Waals surface area contributed by atoms with Crippen molar-refractivity contribution in [1.29, 1.82) is 0 Å². The van der Waals surface area contributed by atoms with Crippen molar-refractivity contribution in [3.63, 3.8) is 0 Å². The van der Waals surface area contributed by atoms with Crippen LogP contribution in [0.15, 0.2) is 23.1 Å². The van der Waals surface area contributed by atoms with E-state index >= 15 is 0 Å². The van der Waals surface area contributed by atoms with Crippen LogP contribution in [0.3, 0.4) is 0 Å². The van der Waals surface area contributed by atoms with E-state index in [0.717, 1.165) is 13.0 Å². The lowest BCUT2D eigenvalue weighted by molar-refractivity contribution is -0.122. The normalized spacial score (nSPS) is 18.0. The molecular formula is C18H27N3O5S. The van der Waals surface area contributed by atoms with Crippen LogP contribution in [0.25, 0.3) is 0 Å². The fraction of sp³-hybridized carbons (Fsp3) is 0.611. The second-order valence-electron chi connectivity index (χ2n) is 7.00. The van der Waals surface area contributed by atoms with Crippen LogP contribution >= 0.6 is 0 Å². The van der Waals surface area contributed by atoms with Gasteiger partial charge in [0.15, 0.2) is 11.5 Å². The van der Waals surface area contributed by atoms with Crippen LogP contribution in [0.1, 0.15) is 26.2 Å². The van der Waals surface area contributed by atoms with Gasteiger partial charge in [0.2, 0.25) is 15.9 Å². The molecule has 3 rings (SSSR count). The lowest BCUT2D eigenvalue weighted by Crippen LogP contribution is -2.46. The van der Waals surface area contributed by atoms with E-state index in [-0.39, 0.29) is 10.8 Å². The van der Waals surface area contributed by atoms with Crippen molar-refractivity contribution in [3.05, 3.63) is 18.2 Å². The summed E-state index contributed by atoms with van der Waals surface area (Å²) in [5.74, 6) is 0.574. The van der Waals surface area contributed by atoms with Crippen LogP contribution in [0.5, 0.6) is 11.5 Å². The molecule has 9 heteroatoms. The molecule has 1 aromatic rings. The van der Waals surface area contributed by atoms with Gasteiger partial charge in [-0.15, -0.1) is 0 Å². The molecule has 27 heavy (non-hydrogen) atoms. The number of fused-ring (bicyclic) bond motifs is 1. The second-order valence-corrected chi connectivity index (χ2v) is 8.72. The Morgan fingerprint density at radius 3 is 2.67 bits per heavy atom. The SMILES string of the molecule is C[C@H](NS(=O)(=O)c1ccc2c(c1)OCCCO2)C(=O)NCCN(C)C1CC1. The maximum absolute atomic E-state index is 12.6. The molecule has 2 aliphatic rings. The van der Waals surface area contributed by atoms with Gasteiger partial charge in [-0.25, -0.2) is 8.42 Å². The zero-order valence-corrected chi connectivity index (χ0v) is 16.5. The highest BCUT2D eigenvalue weighted by atomic mass is 32.2. The van der Waals surface area contributed by atoms with Gasteiger partial charge in [-0.1, -0.05) is 0 Å². The number of likely N-dealkylation sites (N-methyl/N-ethyl adjacent to an activating group) is 1. The molecule has 2 N–H and O–H groups in total. The summed E-state index contributed by atoms with van der Waals surface area (Å²) in [6.07, 6.45) is 3.15. The van der Waals surface area contributed by atoms with Gasteiger partial charge in [0.25, 0.3) is 0 Å². The molecular weight excluding hydrogens is 370 g/mol. The lowest BCUT2D eigenvalue weighted by atomic mass is 10.3. The first kappa shape index (κ1) is 19.9. The quantitative estimate of drug-likeness (QED) is 0.671. The molecule has 0 spiro atoms. The van der Waals surface area contributed by atoms with Crippen molar-refractivity contribution in [1.82, 2.24) is 14.9 Å². The van der Waals surface area contributed by atoms with Gasteiger partial charge in [0.1, 0.15) is 0 Å². The van der Waals surface area contributed by atoms with Crippen molar-refractivity contribution in [3.8, 4) is 11.5 Å². The van der Waals surface area contributed by atoms with Crippen molar-refractivity contribution in [2.24, 2.45) is 0 Å². The number of hydrogen-bond donors (Lipinski definition) is 2. The summed E-state index contributed by atoms with van der Waals surface area (Å²) in [5, 5.41) is 2.78. The van der Waals surface area contributed by atoms with E-state index < -0.39 is 16.1 Å². The Kier molecular flexibility index (Phi) is 6.23. The molecule has 150 valence electrons. The standard InChI is InChI=1S/C18H27N3O5S/c1-13(18(22)19-8-9-21(2)14-4-5-14)20-27(23,24)15-6-7-16-17(12-15)26-11-3-10-25-16/h6-7,12-14,20H,3-5,8-11H2,1-2H3,(H,19,22)/t13-/m0/s1. The van der Waals surface area contributed by atoms with E-state index in [0.29, 0.717) is 37.3 Å². The maximum atomic E-state index is 12.6. The van der Waals surface area contributed by atoms with E-state index in [1.54, 1.807) is 6.07 Å². The molecule has 1 amide bonds. The summed E-state index contributed by atoms with van der Waals surface area (Å²) >= 11 is 0. The fourth-order valence-electron chi connectivity index (χ4n) is 2.87. The number of hydrogen-bond acceptors (Lipinski definition) is 6. The minimum Gasteiger partial charge on any atom is -0.490 e. The van der Waals surface area contributed by atoms with Crippen LogP contribution in [0.4, 0.5) is 0 Å². The largest absolute Gasteiger partial charge is 0.490 e. The van der Waals surface area contributed by atoms with Gasteiger partial charge >= 0.3 is 0 Å². The van der Waals surface area contributed by atoms with E-state index in [4.69, 9.17) is 9.47 Å². The van der Waals surface area contributed by atoms with Crippen LogP contribution in [0.2, 0.25) is 0 Å². The summed E-state index contributed by atoms with van der Waals surface area (Å²) in [4.78, 5) is 14.4. The van der Waals surface area contributed by atoms with E-state index in [1.165, 1.54) is 31.9 Å². The number of ether oxygens (including phenoxy) is 2. The van der Waals surface area contributed by atoms with Crippen molar-refractivity contribution in [2.75, 3.05) is 33.4 Å². The number of sulfonamides is 1. The Morgan fingerprint density at radius 1 is 1.26 bits per heavy atom. The summed E-state index contributed by atoms with van der Waals surface area (Å²) < 4.78 is 38.7. The molecule has 0 bridgehead atoms. The first-order chi connectivity index (χ1) is 12.9.